The van der Waals surface area contributed by atoms with Crippen molar-refractivity contribution in [1.82, 2.24) is 25.1 Å². The maximum Gasteiger partial charge on any atom is 0.337 e. The first-order valence-electron chi connectivity index (χ1n) is 9.82. The van der Waals surface area contributed by atoms with Crippen molar-refractivity contribution >= 4 is 23.6 Å². The number of aromatic nitrogens is 4. The summed E-state index contributed by atoms with van der Waals surface area (Å²) in [5.74, 6) is 2.49. The lowest BCUT2D eigenvalue weighted by Gasteiger charge is -2.07. The van der Waals surface area contributed by atoms with Crippen LogP contribution < -0.4 is 15.4 Å². The van der Waals surface area contributed by atoms with Gasteiger partial charge in [0.05, 0.1) is 19.2 Å². The number of hydrogen-bond acceptors (Lipinski definition) is 10. The van der Waals surface area contributed by atoms with Crippen LogP contribution in [0.25, 0.3) is 0 Å². The third-order valence-corrected chi connectivity index (χ3v) is 4.45. The van der Waals surface area contributed by atoms with Crippen molar-refractivity contribution in [2.75, 3.05) is 38.1 Å². The largest absolute Gasteiger partial charge is 0.474 e. The number of esters is 1. The molecule has 1 aliphatic heterocycles. The molecule has 2 aromatic heterocycles. The van der Waals surface area contributed by atoms with E-state index in [1.807, 2.05) is 24.2 Å². The fraction of sp³-hybridized carbons (Fsp3) is 0.238. The zero-order chi connectivity index (χ0) is 22.3. The van der Waals surface area contributed by atoms with E-state index in [1.54, 1.807) is 36.5 Å². The van der Waals surface area contributed by atoms with Gasteiger partial charge >= 0.3 is 5.97 Å². The van der Waals surface area contributed by atoms with Gasteiger partial charge < -0.3 is 29.7 Å². The van der Waals surface area contributed by atoms with Gasteiger partial charge in [0.15, 0.2) is 6.73 Å². The van der Waals surface area contributed by atoms with E-state index in [1.165, 1.54) is 7.11 Å². The van der Waals surface area contributed by atoms with Gasteiger partial charge in [-0.3, -0.25) is 5.10 Å². The fourth-order valence-corrected chi connectivity index (χ4v) is 2.92. The summed E-state index contributed by atoms with van der Waals surface area (Å²) < 4.78 is 15.9. The second kappa shape index (κ2) is 9.69. The highest BCUT2D eigenvalue weighted by molar-refractivity contribution is 5.89. The third kappa shape index (κ3) is 5.45. The van der Waals surface area contributed by atoms with Crippen LogP contribution in [-0.4, -0.2) is 58.5 Å². The number of aromatic amines is 1. The van der Waals surface area contributed by atoms with Crippen LogP contribution in [0.4, 0.5) is 17.6 Å². The second-order valence-electron chi connectivity index (χ2n) is 6.97. The van der Waals surface area contributed by atoms with E-state index in [9.17, 15) is 4.79 Å². The van der Waals surface area contributed by atoms with E-state index in [2.05, 4.69) is 30.8 Å². The molecule has 3 aromatic rings. The van der Waals surface area contributed by atoms with Crippen molar-refractivity contribution in [3.63, 3.8) is 0 Å². The Labute approximate surface area is 184 Å². The molecule has 0 saturated heterocycles. The highest BCUT2D eigenvalue weighted by Gasteiger charge is 2.11. The van der Waals surface area contributed by atoms with E-state index < -0.39 is 5.97 Å². The molecule has 0 radical (unpaired) electrons. The van der Waals surface area contributed by atoms with Crippen molar-refractivity contribution < 1.29 is 19.0 Å². The Morgan fingerprint density at radius 3 is 3.03 bits per heavy atom. The molecule has 1 aliphatic rings. The van der Waals surface area contributed by atoms with Gasteiger partial charge in [-0.1, -0.05) is 12.1 Å². The molecule has 1 aromatic carbocycles. The fourth-order valence-electron chi connectivity index (χ4n) is 2.92. The topological polar surface area (TPSA) is 127 Å². The summed E-state index contributed by atoms with van der Waals surface area (Å²) in [7, 11) is 3.29. The number of carbonyl (C=O) groups is 1. The molecule has 0 fully saturated rings. The van der Waals surface area contributed by atoms with Gasteiger partial charge in [-0.25, -0.2) is 9.78 Å². The standard InChI is InChI=1S/C21H23N7O4/c1-28-11-16(32-13-28)10-23-21-22-7-6-17(25-21)24-18-9-19(27-26-18)31-12-14-4-3-5-15(8-14)20(29)30-2/h3-9,11H,10,12-13H2,1-2H3,(H3,22,23,24,25,26,27). The quantitative estimate of drug-likeness (QED) is 0.430. The Morgan fingerprint density at radius 1 is 1.31 bits per heavy atom. The molecule has 3 heterocycles. The Bertz CT molecular complexity index is 1110. The van der Waals surface area contributed by atoms with E-state index in [-0.39, 0.29) is 6.61 Å². The number of benzene rings is 1. The number of nitrogens with one attached hydrogen (secondary N) is 3. The first kappa shape index (κ1) is 21.0. The molecular formula is C21H23N7O4. The number of hydrogen-bond donors (Lipinski definition) is 3. The summed E-state index contributed by atoms with van der Waals surface area (Å²) in [6.45, 7) is 1.29. The summed E-state index contributed by atoms with van der Waals surface area (Å²) in [6, 6.07) is 10.5. The van der Waals surface area contributed by atoms with E-state index in [0.29, 0.717) is 42.3 Å². The average molecular weight is 437 g/mol. The van der Waals surface area contributed by atoms with Crippen molar-refractivity contribution in [3.05, 3.63) is 65.7 Å². The molecule has 0 amide bonds. The predicted octanol–water partition coefficient (Wildman–Crippen LogP) is 2.48. The van der Waals surface area contributed by atoms with Crippen LogP contribution in [0.15, 0.2) is 54.6 Å². The molecule has 0 spiro atoms. The lowest BCUT2D eigenvalue weighted by Crippen LogP contribution is -2.09. The number of ether oxygens (including phenoxy) is 3. The van der Waals surface area contributed by atoms with Crippen molar-refractivity contribution in [2.24, 2.45) is 0 Å². The SMILES string of the molecule is COC(=O)c1cccc(COc2cc(Nc3ccnc(NCC4=CN(C)CO4)n3)[nH]n2)c1. The number of rotatable bonds is 9. The van der Waals surface area contributed by atoms with Crippen molar-refractivity contribution in [3.8, 4) is 5.88 Å². The molecule has 32 heavy (non-hydrogen) atoms. The molecule has 166 valence electrons. The Hall–Kier alpha value is -4.28. The minimum atomic E-state index is -0.392. The van der Waals surface area contributed by atoms with Crippen LogP contribution >= 0.6 is 0 Å². The lowest BCUT2D eigenvalue weighted by molar-refractivity contribution is 0.0600. The first-order chi connectivity index (χ1) is 15.6. The van der Waals surface area contributed by atoms with Crippen LogP contribution in [0.1, 0.15) is 15.9 Å². The third-order valence-electron chi connectivity index (χ3n) is 4.45. The minimum Gasteiger partial charge on any atom is -0.474 e. The lowest BCUT2D eigenvalue weighted by atomic mass is 10.1. The summed E-state index contributed by atoms with van der Waals surface area (Å²) in [5.41, 5.74) is 1.29. The monoisotopic (exact) mass is 437 g/mol. The minimum absolute atomic E-state index is 0.254. The zero-order valence-electron chi connectivity index (χ0n) is 17.7. The van der Waals surface area contributed by atoms with Crippen LogP contribution in [0.3, 0.4) is 0 Å². The van der Waals surface area contributed by atoms with Gasteiger partial charge in [0, 0.05) is 25.5 Å². The molecule has 0 saturated carbocycles. The molecular weight excluding hydrogens is 414 g/mol. The predicted molar refractivity (Wildman–Crippen MR) is 116 cm³/mol. The van der Waals surface area contributed by atoms with E-state index >= 15 is 0 Å². The van der Waals surface area contributed by atoms with Crippen molar-refractivity contribution in [2.45, 2.75) is 6.61 Å². The van der Waals surface area contributed by atoms with Gasteiger partial charge in [-0.15, -0.1) is 5.10 Å². The number of carbonyl (C=O) groups excluding carboxylic acids is 1. The average Bonchev–Trinajstić information content (AvgIpc) is 3.44. The molecule has 3 N–H and O–H groups in total. The Kier molecular flexibility index (Phi) is 6.35. The van der Waals surface area contributed by atoms with Gasteiger partial charge in [-0.05, 0) is 23.8 Å². The summed E-state index contributed by atoms with van der Waals surface area (Å²) in [4.78, 5) is 22.2. The normalized spacial score (nSPS) is 12.7. The highest BCUT2D eigenvalue weighted by Crippen LogP contribution is 2.19. The molecule has 0 aliphatic carbocycles. The number of nitrogens with zero attached hydrogens (tertiary/aromatic N) is 4. The van der Waals surface area contributed by atoms with E-state index in [4.69, 9.17) is 14.2 Å². The van der Waals surface area contributed by atoms with Gasteiger partial charge in [0.2, 0.25) is 11.8 Å². The van der Waals surface area contributed by atoms with Crippen LogP contribution in [0.2, 0.25) is 0 Å². The molecule has 0 unspecified atom stereocenters. The second-order valence-corrected chi connectivity index (χ2v) is 6.97. The maximum atomic E-state index is 11.6. The number of anilines is 3. The van der Waals surface area contributed by atoms with E-state index in [0.717, 1.165) is 11.3 Å². The number of methoxy groups -OCH3 is 1. The molecule has 11 nitrogen and oxygen atoms in total. The van der Waals surface area contributed by atoms with Crippen LogP contribution in [-0.2, 0) is 16.1 Å². The molecule has 0 atom stereocenters. The molecule has 0 bridgehead atoms. The zero-order valence-corrected chi connectivity index (χ0v) is 17.7. The Morgan fingerprint density at radius 2 is 2.22 bits per heavy atom. The van der Waals surface area contributed by atoms with Crippen LogP contribution in [0.5, 0.6) is 5.88 Å². The maximum absolute atomic E-state index is 11.6. The first-order valence-corrected chi connectivity index (χ1v) is 9.82. The summed E-state index contributed by atoms with van der Waals surface area (Å²) >= 11 is 0. The smallest absolute Gasteiger partial charge is 0.337 e. The molecule has 11 heteroatoms. The number of H-pyrrole nitrogens is 1. The van der Waals surface area contributed by atoms with Crippen LogP contribution in [0, 0.1) is 0 Å². The van der Waals surface area contributed by atoms with Gasteiger partial charge in [-0.2, -0.15) is 4.98 Å². The summed E-state index contributed by atoms with van der Waals surface area (Å²) in [6.07, 6.45) is 3.57. The highest BCUT2D eigenvalue weighted by atomic mass is 16.5. The van der Waals surface area contributed by atoms with Crippen molar-refractivity contribution in [1.29, 1.82) is 0 Å². The summed E-state index contributed by atoms with van der Waals surface area (Å²) in [5, 5.41) is 13.2. The molecule has 4 rings (SSSR count). The van der Waals surface area contributed by atoms with Gasteiger partial charge in [0.1, 0.15) is 24.0 Å². The van der Waals surface area contributed by atoms with Gasteiger partial charge in [0.25, 0.3) is 0 Å². The Balaban J connectivity index is 1.31.